The number of hydrogen-bond donors (Lipinski definition) is 1. The average Bonchev–Trinajstić information content (AvgIpc) is 2.93. The molecule has 1 aliphatic carbocycles. The van der Waals surface area contributed by atoms with Gasteiger partial charge in [-0.15, -0.1) is 0 Å². The molecule has 1 aromatic heterocycles. The fourth-order valence-corrected chi connectivity index (χ4v) is 2.47. The van der Waals surface area contributed by atoms with Gasteiger partial charge in [-0.05, 0) is 49.5 Å². The van der Waals surface area contributed by atoms with Crippen molar-refractivity contribution in [2.75, 3.05) is 0 Å². The van der Waals surface area contributed by atoms with Gasteiger partial charge in [-0.3, -0.25) is 0 Å². The van der Waals surface area contributed by atoms with Crippen LogP contribution in [0.15, 0.2) is 28.8 Å². The number of allylic oxidation sites excluding steroid dienone is 1. The van der Waals surface area contributed by atoms with Gasteiger partial charge in [0.25, 0.3) is 5.89 Å². The van der Waals surface area contributed by atoms with Gasteiger partial charge in [-0.2, -0.15) is 18.2 Å². The maximum Gasteiger partial charge on any atom is 0.416 e. The van der Waals surface area contributed by atoms with Gasteiger partial charge in [-0.1, -0.05) is 17.3 Å². The first-order valence-electron chi connectivity index (χ1n) is 7.27. The number of alkyl halides is 3. The largest absolute Gasteiger partial charge is 0.416 e. The van der Waals surface area contributed by atoms with E-state index in [-0.39, 0.29) is 0 Å². The second-order valence-corrected chi connectivity index (χ2v) is 5.87. The lowest BCUT2D eigenvalue weighted by atomic mass is 9.77. The Morgan fingerprint density at radius 3 is 2.43 bits per heavy atom. The molecule has 0 aliphatic heterocycles. The Morgan fingerprint density at radius 2 is 1.91 bits per heavy atom. The van der Waals surface area contributed by atoms with E-state index in [2.05, 4.69) is 10.1 Å². The number of aromatic nitrogens is 2. The molecule has 3 rings (SSSR count). The fraction of sp³-hybridized carbons (Fsp3) is 0.375. The van der Waals surface area contributed by atoms with Crippen molar-refractivity contribution in [3.63, 3.8) is 0 Å². The molecule has 7 heteroatoms. The lowest BCUT2D eigenvalue weighted by Crippen LogP contribution is -2.44. The molecule has 1 aromatic carbocycles. The molecule has 2 aromatic rings. The first-order valence-corrected chi connectivity index (χ1v) is 7.27. The van der Waals surface area contributed by atoms with Crippen LogP contribution in [0.25, 0.3) is 11.6 Å². The lowest BCUT2D eigenvalue weighted by molar-refractivity contribution is -0.137. The molecule has 1 heterocycles. The number of halogens is 3. The van der Waals surface area contributed by atoms with Crippen LogP contribution in [0.1, 0.15) is 49.0 Å². The topological polar surface area (TPSA) is 64.9 Å². The number of nitrogens with two attached hydrogens (primary N) is 1. The smallest absolute Gasteiger partial charge is 0.335 e. The summed E-state index contributed by atoms with van der Waals surface area (Å²) in [5.74, 6) is 0.782. The predicted molar refractivity (Wildman–Crippen MR) is 79.0 cm³/mol. The minimum atomic E-state index is -4.34. The SMILES string of the molecule is C/C(=C/c1nc(C2(N)CCC2)no1)c1ccc(C(F)(F)F)cc1. The summed E-state index contributed by atoms with van der Waals surface area (Å²) in [6.45, 7) is 1.77. The summed E-state index contributed by atoms with van der Waals surface area (Å²) in [4.78, 5) is 4.27. The highest BCUT2D eigenvalue weighted by Gasteiger charge is 2.38. The molecule has 0 saturated heterocycles. The van der Waals surface area contributed by atoms with Gasteiger partial charge in [0.05, 0.1) is 11.1 Å². The van der Waals surface area contributed by atoms with Crippen molar-refractivity contribution in [3.8, 4) is 0 Å². The molecule has 0 unspecified atom stereocenters. The first kappa shape index (κ1) is 15.7. The highest BCUT2D eigenvalue weighted by atomic mass is 19.4. The molecule has 0 bridgehead atoms. The monoisotopic (exact) mass is 323 g/mol. The van der Waals surface area contributed by atoms with E-state index in [1.165, 1.54) is 12.1 Å². The van der Waals surface area contributed by atoms with Crippen molar-refractivity contribution in [3.05, 3.63) is 47.1 Å². The number of hydrogen-bond acceptors (Lipinski definition) is 4. The molecule has 0 atom stereocenters. The first-order chi connectivity index (χ1) is 10.8. The van der Waals surface area contributed by atoms with Crippen molar-refractivity contribution in [2.45, 2.75) is 37.9 Å². The van der Waals surface area contributed by atoms with Crippen LogP contribution < -0.4 is 5.73 Å². The van der Waals surface area contributed by atoms with E-state index in [0.717, 1.165) is 37.0 Å². The second kappa shape index (κ2) is 5.49. The molecular formula is C16H16F3N3O. The zero-order chi connectivity index (χ0) is 16.7. The van der Waals surface area contributed by atoms with Gasteiger partial charge in [-0.25, -0.2) is 0 Å². The van der Waals surface area contributed by atoms with Gasteiger partial charge in [0.15, 0.2) is 5.82 Å². The molecule has 1 aliphatic rings. The van der Waals surface area contributed by atoms with E-state index in [1.807, 2.05) is 0 Å². The van der Waals surface area contributed by atoms with E-state index in [1.54, 1.807) is 13.0 Å². The van der Waals surface area contributed by atoms with Crippen LogP contribution in [0.5, 0.6) is 0 Å². The zero-order valence-electron chi connectivity index (χ0n) is 12.5. The normalized spacial score (nSPS) is 17.9. The van der Waals surface area contributed by atoms with Crippen LogP contribution in [0, 0.1) is 0 Å². The fourth-order valence-electron chi connectivity index (χ4n) is 2.47. The van der Waals surface area contributed by atoms with Crippen LogP contribution >= 0.6 is 0 Å². The standard InChI is InChI=1S/C16H16F3N3O/c1-10(11-3-5-12(6-4-11)16(17,18)19)9-13-21-14(22-23-13)15(20)7-2-8-15/h3-6,9H,2,7-8,20H2,1H3/b10-9-. The van der Waals surface area contributed by atoms with Gasteiger partial charge >= 0.3 is 6.18 Å². The maximum atomic E-state index is 12.6. The Balaban J connectivity index is 1.79. The Bertz CT molecular complexity index is 728. The summed E-state index contributed by atoms with van der Waals surface area (Å²) in [5, 5.41) is 3.90. The van der Waals surface area contributed by atoms with Crippen molar-refractivity contribution in [2.24, 2.45) is 5.73 Å². The van der Waals surface area contributed by atoms with Gasteiger partial charge in [0.1, 0.15) is 0 Å². The predicted octanol–water partition coefficient (Wildman–Crippen LogP) is 3.99. The van der Waals surface area contributed by atoms with Gasteiger partial charge in [0, 0.05) is 6.08 Å². The summed E-state index contributed by atoms with van der Waals surface area (Å²) >= 11 is 0. The van der Waals surface area contributed by atoms with Crippen molar-refractivity contribution in [1.29, 1.82) is 0 Å². The van der Waals surface area contributed by atoms with Crippen LogP contribution in [-0.4, -0.2) is 10.1 Å². The summed E-state index contributed by atoms with van der Waals surface area (Å²) in [7, 11) is 0. The van der Waals surface area contributed by atoms with E-state index in [0.29, 0.717) is 17.3 Å². The Hall–Kier alpha value is -2.15. The molecule has 2 N–H and O–H groups in total. The number of benzene rings is 1. The Labute approximate surface area is 131 Å². The molecular weight excluding hydrogens is 307 g/mol. The molecule has 122 valence electrons. The van der Waals surface area contributed by atoms with E-state index in [4.69, 9.17) is 10.3 Å². The van der Waals surface area contributed by atoms with Gasteiger partial charge in [0.2, 0.25) is 0 Å². The third kappa shape index (κ3) is 3.14. The van der Waals surface area contributed by atoms with Crippen LogP contribution in [0.4, 0.5) is 13.2 Å². The maximum absolute atomic E-state index is 12.6. The molecule has 1 saturated carbocycles. The molecule has 1 fully saturated rings. The summed E-state index contributed by atoms with van der Waals surface area (Å²) in [5.41, 5.74) is 6.33. The summed E-state index contributed by atoms with van der Waals surface area (Å²) in [6, 6.07) is 4.94. The van der Waals surface area contributed by atoms with Crippen LogP contribution in [0.3, 0.4) is 0 Å². The molecule has 23 heavy (non-hydrogen) atoms. The lowest BCUT2D eigenvalue weighted by Gasteiger charge is -2.34. The van der Waals surface area contributed by atoms with E-state index >= 15 is 0 Å². The van der Waals surface area contributed by atoms with Crippen molar-refractivity contribution in [1.82, 2.24) is 10.1 Å². The van der Waals surface area contributed by atoms with Crippen molar-refractivity contribution >= 4 is 11.6 Å². The quantitative estimate of drug-likeness (QED) is 0.927. The zero-order valence-corrected chi connectivity index (χ0v) is 12.5. The molecule has 0 amide bonds. The molecule has 0 spiro atoms. The summed E-state index contributed by atoms with van der Waals surface area (Å²) < 4.78 is 42.8. The van der Waals surface area contributed by atoms with Crippen LogP contribution in [-0.2, 0) is 11.7 Å². The van der Waals surface area contributed by atoms with E-state index in [9.17, 15) is 13.2 Å². The average molecular weight is 323 g/mol. The Morgan fingerprint density at radius 1 is 1.26 bits per heavy atom. The summed E-state index contributed by atoms with van der Waals surface area (Å²) in [6.07, 6.45) is -0.00117. The number of nitrogens with zero attached hydrogens (tertiary/aromatic N) is 2. The second-order valence-electron chi connectivity index (χ2n) is 5.87. The third-order valence-corrected chi connectivity index (χ3v) is 4.14. The minimum Gasteiger partial charge on any atom is -0.335 e. The van der Waals surface area contributed by atoms with Crippen molar-refractivity contribution < 1.29 is 17.7 Å². The van der Waals surface area contributed by atoms with Crippen LogP contribution in [0.2, 0.25) is 0 Å². The third-order valence-electron chi connectivity index (χ3n) is 4.14. The highest BCUT2D eigenvalue weighted by Crippen LogP contribution is 2.37. The highest BCUT2D eigenvalue weighted by molar-refractivity contribution is 5.77. The van der Waals surface area contributed by atoms with Gasteiger partial charge < -0.3 is 10.3 Å². The van der Waals surface area contributed by atoms with E-state index < -0.39 is 17.3 Å². The molecule has 0 radical (unpaired) electrons. The minimum absolute atomic E-state index is 0.300. The Kier molecular flexibility index (Phi) is 3.75. The number of rotatable bonds is 3. The molecule has 4 nitrogen and oxygen atoms in total.